The molecule has 0 unspecified atom stereocenters. The van der Waals surface area contributed by atoms with E-state index in [1.807, 2.05) is 25.1 Å². The molecule has 3 aromatic carbocycles. The summed E-state index contributed by atoms with van der Waals surface area (Å²) in [6, 6.07) is 17.4. The molecule has 6 rings (SSSR count). The fraction of sp³-hybridized carbons (Fsp3) is 0.312. The van der Waals surface area contributed by atoms with E-state index in [2.05, 4.69) is 15.1 Å². The van der Waals surface area contributed by atoms with Crippen LogP contribution in [0.3, 0.4) is 0 Å². The molecule has 46 heavy (non-hydrogen) atoms. The number of aliphatic hydroxyl groups excluding tert-OH is 1. The summed E-state index contributed by atoms with van der Waals surface area (Å²) >= 11 is 0. The average Bonchev–Trinajstić information content (AvgIpc) is 3.65. The van der Waals surface area contributed by atoms with Crippen LogP contribution in [0, 0.1) is 25.5 Å². The maximum Gasteiger partial charge on any atom is 0.294 e. The SMILES string of the molecule is Cc1ccc(S(=O)(=O)O)cc1.Cc1nnc(-c2cc3c(OC[C@@H](O)CN4CCC(c5ccc(F)c(F)c5)CC4)cccc3o2)o1.O. The van der Waals surface area contributed by atoms with E-state index in [4.69, 9.17) is 18.1 Å². The number of aromatic nitrogens is 2. The van der Waals surface area contributed by atoms with E-state index >= 15 is 0 Å². The number of hydrogen-bond donors (Lipinski definition) is 2. The lowest BCUT2D eigenvalue weighted by Gasteiger charge is -2.33. The largest absolute Gasteiger partial charge is 0.490 e. The van der Waals surface area contributed by atoms with Crippen LogP contribution in [0.4, 0.5) is 8.78 Å². The number of fused-ring (bicyclic) bond motifs is 1. The Labute approximate surface area is 264 Å². The molecule has 4 N–H and O–H groups in total. The minimum atomic E-state index is -4.02. The van der Waals surface area contributed by atoms with Gasteiger partial charge in [-0.25, -0.2) is 8.78 Å². The molecule has 0 spiro atoms. The highest BCUT2D eigenvalue weighted by Gasteiger charge is 2.23. The molecular weight excluding hydrogens is 624 g/mol. The summed E-state index contributed by atoms with van der Waals surface area (Å²) in [5, 5.41) is 19.1. The minimum Gasteiger partial charge on any atom is -0.490 e. The topological polar surface area (TPSA) is 171 Å². The van der Waals surface area contributed by atoms with Crippen molar-refractivity contribution in [3.8, 4) is 17.4 Å². The number of nitrogens with zero attached hydrogens (tertiary/aromatic N) is 3. The van der Waals surface area contributed by atoms with Crippen molar-refractivity contribution in [2.45, 2.75) is 43.6 Å². The van der Waals surface area contributed by atoms with Gasteiger partial charge in [0.2, 0.25) is 5.89 Å². The van der Waals surface area contributed by atoms with Gasteiger partial charge < -0.3 is 29.1 Å². The lowest BCUT2D eigenvalue weighted by Crippen LogP contribution is -2.40. The quantitative estimate of drug-likeness (QED) is 0.214. The maximum atomic E-state index is 13.5. The third kappa shape index (κ3) is 8.73. The Bertz CT molecular complexity index is 1850. The number of ether oxygens (including phenoxy) is 1. The number of likely N-dealkylation sites (tertiary alicyclic amines) is 1. The summed E-state index contributed by atoms with van der Waals surface area (Å²) in [4.78, 5) is 2.10. The number of hydrogen-bond acceptors (Lipinski definition) is 9. The van der Waals surface area contributed by atoms with E-state index in [1.54, 1.807) is 31.2 Å². The number of β-amino-alcohol motifs (C(OH)–C–C–N with tert-alkyl or cyclic N) is 1. The van der Waals surface area contributed by atoms with Crippen molar-refractivity contribution in [3.05, 3.63) is 95.4 Å². The molecular formula is C32H35F2N3O8S. The maximum absolute atomic E-state index is 13.5. The molecule has 0 saturated carbocycles. The number of furan rings is 1. The third-order valence-corrected chi connectivity index (χ3v) is 8.35. The van der Waals surface area contributed by atoms with Crippen LogP contribution in [-0.2, 0) is 10.1 Å². The van der Waals surface area contributed by atoms with Gasteiger partial charge in [0.05, 0.1) is 10.3 Å². The Morgan fingerprint density at radius 3 is 2.33 bits per heavy atom. The molecule has 0 aliphatic carbocycles. The van der Waals surface area contributed by atoms with Gasteiger partial charge in [-0.1, -0.05) is 29.8 Å². The van der Waals surface area contributed by atoms with E-state index in [9.17, 15) is 22.3 Å². The van der Waals surface area contributed by atoms with Crippen molar-refractivity contribution in [1.82, 2.24) is 15.1 Å². The van der Waals surface area contributed by atoms with Crippen LogP contribution in [0.1, 0.15) is 35.8 Å². The van der Waals surface area contributed by atoms with E-state index in [-0.39, 0.29) is 22.9 Å². The number of aryl methyl sites for hydroxylation is 2. The highest BCUT2D eigenvalue weighted by Crippen LogP contribution is 2.33. The van der Waals surface area contributed by atoms with Crippen molar-refractivity contribution in [2.75, 3.05) is 26.2 Å². The standard InChI is InChI=1S/C25H25F2N3O4.C7H8O3S.H2O/c1-15-28-29-25(33-15)24-12-19-22(3-2-4-23(19)34-24)32-14-18(31)13-30-9-7-16(8-10-30)17-5-6-20(26)21(27)11-17;1-6-2-4-7(5-3-6)11(8,9)10;/h2-6,11-12,16,18,31H,7-10,13-14H2,1H3;2-5H,1H3,(H,8,9,10);1H2/t18-;;/m0../s1. The minimum absolute atomic E-state index is 0. The van der Waals surface area contributed by atoms with Gasteiger partial charge in [-0.3, -0.25) is 4.55 Å². The van der Waals surface area contributed by atoms with Crippen LogP contribution >= 0.6 is 0 Å². The lowest BCUT2D eigenvalue weighted by molar-refractivity contribution is 0.0599. The summed E-state index contributed by atoms with van der Waals surface area (Å²) in [6.07, 6.45) is 0.968. The molecule has 0 bridgehead atoms. The summed E-state index contributed by atoms with van der Waals surface area (Å²) in [6.45, 7) is 5.69. The third-order valence-electron chi connectivity index (χ3n) is 7.48. The Balaban J connectivity index is 0.000000341. The van der Waals surface area contributed by atoms with Gasteiger partial charge in [-0.2, -0.15) is 8.42 Å². The van der Waals surface area contributed by atoms with Crippen molar-refractivity contribution >= 4 is 21.1 Å². The fourth-order valence-corrected chi connectivity index (χ4v) is 5.60. The van der Waals surface area contributed by atoms with E-state index in [0.29, 0.717) is 35.4 Å². The first-order chi connectivity index (χ1) is 21.5. The Morgan fingerprint density at radius 1 is 0.978 bits per heavy atom. The second kappa shape index (κ2) is 14.9. The van der Waals surface area contributed by atoms with Gasteiger partial charge in [-0.05, 0) is 80.7 Å². The van der Waals surface area contributed by atoms with Crippen molar-refractivity contribution in [2.24, 2.45) is 0 Å². The number of halogens is 2. The molecule has 14 heteroatoms. The van der Waals surface area contributed by atoms with Crippen LogP contribution in [0.15, 0.2) is 80.5 Å². The predicted octanol–water partition coefficient (Wildman–Crippen LogP) is 5.11. The molecule has 11 nitrogen and oxygen atoms in total. The van der Waals surface area contributed by atoms with Crippen molar-refractivity contribution < 1.29 is 45.9 Å². The summed E-state index contributed by atoms with van der Waals surface area (Å²) in [7, 11) is -4.02. The molecule has 0 radical (unpaired) electrons. The first-order valence-electron chi connectivity index (χ1n) is 14.3. The van der Waals surface area contributed by atoms with E-state index in [0.717, 1.165) is 42.4 Å². The summed E-state index contributed by atoms with van der Waals surface area (Å²) in [5.41, 5.74) is 2.40. The summed E-state index contributed by atoms with van der Waals surface area (Å²) < 4.78 is 73.4. The Morgan fingerprint density at radius 2 is 1.70 bits per heavy atom. The fourth-order valence-electron chi connectivity index (χ4n) is 5.12. The normalized spacial score (nSPS) is 14.7. The molecule has 1 aliphatic heterocycles. The number of piperidine rings is 1. The van der Waals surface area contributed by atoms with Crippen LogP contribution < -0.4 is 4.74 Å². The molecule has 1 saturated heterocycles. The molecule has 1 aliphatic rings. The highest BCUT2D eigenvalue weighted by molar-refractivity contribution is 7.85. The molecule has 3 heterocycles. The molecule has 5 aromatic rings. The molecule has 2 aromatic heterocycles. The van der Waals surface area contributed by atoms with Crippen LogP contribution in [-0.4, -0.2) is 71.0 Å². The molecule has 246 valence electrons. The first kappa shape index (κ1) is 34.7. The predicted molar refractivity (Wildman–Crippen MR) is 165 cm³/mol. The summed E-state index contributed by atoms with van der Waals surface area (Å²) in [5.74, 6) is 0.359. The van der Waals surface area contributed by atoms with Crippen molar-refractivity contribution in [3.63, 3.8) is 0 Å². The number of aliphatic hydroxyl groups is 1. The van der Waals surface area contributed by atoms with Crippen LogP contribution in [0.2, 0.25) is 0 Å². The van der Waals surface area contributed by atoms with E-state index < -0.39 is 27.9 Å². The Kier molecular flexibility index (Phi) is 11.2. The zero-order valence-corrected chi connectivity index (χ0v) is 26.0. The van der Waals surface area contributed by atoms with E-state index in [1.165, 1.54) is 24.3 Å². The zero-order valence-electron chi connectivity index (χ0n) is 25.2. The number of benzene rings is 3. The van der Waals surface area contributed by atoms with Gasteiger partial charge in [0, 0.05) is 19.5 Å². The Hall–Kier alpha value is -4.21. The van der Waals surface area contributed by atoms with Crippen LogP contribution in [0.25, 0.3) is 22.6 Å². The molecule has 0 amide bonds. The van der Waals surface area contributed by atoms with Crippen LogP contribution in [0.5, 0.6) is 5.75 Å². The van der Waals surface area contributed by atoms with Gasteiger partial charge in [0.1, 0.15) is 24.0 Å². The van der Waals surface area contributed by atoms with Gasteiger partial charge >= 0.3 is 0 Å². The lowest BCUT2D eigenvalue weighted by atomic mass is 9.89. The first-order valence-corrected chi connectivity index (χ1v) is 15.8. The van der Waals surface area contributed by atoms with Gasteiger partial charge in [-0.15, -0.1) is 10.2 Å². The second-order valence-electron chi connectivity index (χ2n) is 10.9. The monoisotopic (exact) mass is 659 g/mol. The van der Waals surface area contributed by atoms with Crippen molar-refractivity contribution in [1.29, 1.82) is 0 Å². The number of rotatable bonds is 8. The highest BCUT2D eigenvalue weighted by atomic mass is 32.2. The second-order valence-corrected chi connectivity index (χ2v) is 12.3. The molecule has 1 fully saturated rings. The zero-order chi connectivity index (χ0) is 32.1. The smallest absolute Gasteiger partial charge is 0.294 e. The van der Waals surface area contributed by atoms with Gasteiger partial charge in [0.25, 0.3) is 16.0 Å². The van der Waals surface area contributed by atoms with Gasteiger partial charge in [0.15, 0.2) is 17.4 Å². The molecule has 1 atom stereocenters. The average molecular weight is 660 g/mol.